The van der Waals surface area contributed by atoms with Crippen LogP contribution in [0, 0.1) is 10.7 Å². The van der Waals surface area contributed by atoms with Crippen molar-refractivity contribution in [3.8, 4) is 5.40 Å². The molecule has 0 aliphatic carbocycles. The molecule has 0 spiro atoms. The molecule has 0 saturated carbocycles. The van der Waals surface area contributed by atoms with Crippen LogP contribution in [0.5, 0.6) is 0 Å². The van der Waals surface area contributed by atoms with Gasteiger partial charge >= 0.3 is 0 Å². The number of nitriles is 1. The summed E-state index contributed by atoms with van der Waals surface area (Å²) < 4.78 is 0. The van der Waals surface area contributed by atoms with E-state index >= 15 is 0 Å². The first kappa shape index (κ1) is 14.1. The highest BCUT2D eigenvalue weighted by atomic mass is 32.2. The molecule has 1 heterocycles. The zero-order chi connectivity index (χ0) is 14.5. The van der Waals surface area contributed by atoms with Gasteiger partial charge in [0.1, 0.15) is 11.9 Å². The summed E-state index contributed by atoms with van der Waals surface area (Å²) in [7, 11) is 0. The molecule has 1 aliphatic heterocycles. The molecule has 1 aromatic carbocycles. The SMILES string of the molecule is N#CSc1ccc(NC(=O)CN2C(=O)CCC2=O)cc1. The van der Waals surface area contributed by atoms with Gasteiger partial charge in [0.05, 0.1) is 0 Å². The van der Waals surface area contributed by atoms with Crippen LogP contribution in [0.25, 0.3) is 0 Å². The van der Waals surface area contributed by atoms with E-state index in [1.54, 1.807) is 24.3 Å². The Morgan fingerprint density at radius 3 is 2.40 bits per heavy atom. The Hall–Kier alpha value is -2.33. The summed E-state index contributed by atoms with van der Waals surface area (Å²) in [6.45, 7) is -0.258. The van der Waals surface area contributed by atoms with Gasteiger partial charge in [-0.2, -0.15) is 5.26 Å². The molecule has 1 saturated heterocycles. The molecule has 3 amide bonds. The van der Waals surface area contributed by atoms with Gasteiger partial charge in [0.25, 0.3) is 0 Å². The maximum Gasteiger partial charge on any atom is 0.244 e. The normalized spacial score (nSPS) is 14.2. The fourth-order valence-corrected chi connectivity index (χ4v) is 2.18. The van der Waals surface area contributed by atoms with Crippen molar-refractivity contribution in [2.75, 3.05) is 11.9 Å². The van der Waals surface area contributed by atoms with E-state index in [9.17, 15) is 14.4 Å². The number of nitrogens with zero attached hydrogens (tertiary/aromatic N) is 2. The number of carbonyl (C=O) groups excluding carboxylic acids is 3. The molecule has 102 valence electrons. The molecule has 0 bridgehead atoms. The molecule has 2 rings (SSSR count). The predicted molar refractivity (Wildman–Crippen MR) is 72.5 cm³/mol. The summed E-state index contributed by atoms with van der Waals surface area (Å²) >= 11 is 1.02. The standard InChI is InChI=1S/C13H11N3O3S/c14-8-20-10-3-1-9(2-4-10)15-11(17)7-16-12(18)5-6-13(16)19/h1-4H,5-7H2,(H,15,17). The first-order chi connectivity index (χ1) is 9.60. The summed E-state index contributed by atoms with van der Waals surface area (Å²) in [4.78, 5) is 36.3. The van der Waals surface area contributed by atoms with Crippen molar-refractivity contribution < 1.29 is 14.4 Å². The predicted octanol–water partition coefficient (Wildman–Crippen LogP) is 1.35. The number of thioether (sulfide) groups is 1. The Balaban J connectivity index is 1.93. The molecule has 1 aliphatic rings. The fraction of sp³-hybridized carbons (Fsp3) is 0.231. The zero-order valence-electron chi connectivity index (χ0n) is 10.5. The van der Waals surface area contributed by atoms with E-state index in [0.29, 0.717) is 5.69 Å². The summed E-state index contributed by atoms with van der Waals surface area (Å²) in [5.41, 5.74) is 0.552. The second-order valence-corrected chi connectivity index (χ2v) is 5.00. The van der Waals surface area contributed by atoms with Crippen LogP contribution >= 0.6 is 11.8 Å². The van der Waals surface area contributed by atoms with Crippen molar-refractivity contribution in [3.05, 3.63) is 24.3 Å². The number of nitrogens with one attached hydrogen (secondary N) is 1. The number of thiocyanates is 1. The Morgan fingerprint density at radius 2 is 1.85 bits per heavy atom. The van der Waals surface area contributed by atoms with Crippen molar-refractivity contribution in [2.45, 2.75) is 17.7 Å². The van der Waals surface area contributed by atoms with Crippen LogP contribution in [-0.2, 0) is 14.4 Å². The molecule has 20 heavy (non-hydrogen) atoms. The number of rotatable bonds is 4. The Kier molecular flexibility index (Phi) is 4.38. The summed E-state index contributed by atoms with van der Waals surface area (Å²) in [5, 5.41) is 13.1. The van der Waals surface area contributed by atoms with Gasteiger partial charge in [0.2, 0.25) is 17.7 Å². The first-order valence-electron chi connectivity index (χ1n) is 5.89. The van der Waals surface area contributed by atoms with Gasteiger partial charge in [-0.3, -0.25) is 19.3 Å². The number of benzene rings is 1. The van der Waals surface area contributed by atoms with Crippen molar-refractivity contribution in [3.63, 3.8) is 0 Å². The number of hydrogen-bond acceptors (Lipinski definition) is 5. The summed E-state index contributed by atoms with van der Waals surface area (Å²) in [5.74, 6) is -1.05. The van der Waals surface area contributed by atoms with Crippen LogP contribution in [0.15, 0.2) is 29.2 Å². The van der Waals surface area contributed by atoms with Crippen LogP contribution < -0.4 is 5.32 Å². The van der Waals surface area contributed by atoms with Gasteiger partial charge in [-0.1, -0.05) is 0 Å². The third kappa shape index (κ3) is 3.36. The number of amides is 3. The minimum Gasteiger partial charge on any atom is -0.325 e. The highest BCUT2D eigenvalue weighted by Crippen LogP contribution is 2.19. The third-order valence-corrected chi connectivity index (χ3v) is 3.36. The monoisotopic (exact) mass is 289 g/mol. The van der Waals surface area contributed by atoms with Crippen molar-refractivity contribution in [1.29, 1.82) is 5.26 Å². The van der Waals surface area contributed by atoms with E-state index in [1.807, 2.05) is 5.40 Å². The van der Waals surface area contributed by atoms with E-state index < -0.39 is 5.91 Å². The quantitative estimate of drug-likeness (QED) is 0.513. The van der Waals surface area contributed by atoms with Crippen LogP contribution in [0.3, 0.4) is 0 Å². The molecule has 0 aromatic heterocycles. The van der Waals surface area contributed by atoms with E-state index in [2.05, 4.69) is 5.32 Å². The van der Waals surface area contributed by atoms with E-state index in [-0.39, 0.29) is 31.2 Å². The average Bonchev–Trinajstić information content (AvgIpc) is 2.73. The maximum absolute atomic E-state index is 11.8. The van der Waals surface area contributed by atoms with Gasteiger partial charge in [0.15, 0.2) is 0 Å². The number of carbonyl (C=O) groups is 3. The highest BCUT2D eigenvalue weighted by Gasteiger charge is 2.30. The molecule has 7 heteroatoms. The second kappa shape index (κ2) is 6.21. The Morgan fingerprint density at radius 1 is 1.25 bits per heavy atom. The van der Waals surface area contributed by atoms with Crippen LogP contribution in [0.1, 0.15) is 12.8 Å². The molecule has 6 nitrogen and oxygen atoms in total. The van der Waals surface area contributed by atoms with E-state index in [0.717, 1.165) is 21.6 Å². The maximum atomic E-state index is 11.8. The van der Waals surface area contributed by atoms with E-state index in [1.165, 1.54) is 0 Å². The number of anilines is 1. The van der Waals surface area contributed by atoms with Gasteiger partial charge < -0.3 is 5.32 Å². The minimum atomic E-state index is -0.422. The van der Waals surface area contributed by atoms with E-state index in [4.69, 9.17) is 5.26 Å². The summed E-state index contributed by atoms with van der Waals surface area (Å²) in [6, 6.07) is 6.72. The fourth-order valence-electron chi connectivity index (χ4n) is 1.80. The molecule has 0 atom stereocenters. The highest BCUT2D eigenvalue weighted by molar-refractivity contribution is 8.03. The van der Waals surface area contributed by atoms with Crippen molar-refractivity contribution in [2.24, 2.45) is 0 Å². The van der Waals surface area contributed by atoms with Gasteiger partial charge in [-0.25, -0.2) is 0 Å². The average molecular weight is 289 g/mol. The molecular weight excluding hydrogens is 278 g/mol. The Bertz CT molecular complexity index is 576. The molecular formula is C13H11N3O3S. The molecule has 0 unspecified atom stereocenters. The second-order valence-electron chi connectivity index (χ2n) is 4.14. The lowest BCUT2D eigenvalue weighted by Crippen LogP contribution is -2.36. The third-order valence-electron chi connectivity index (χ3n) is 2.76. The smallest absolute Gasteiger partial charge is 0.244 e. The Labute approximate surface area is 119 Å². The molecule has 1 N–H and O–H groups in total. The molecule has 1 aromatic rings. The van der Waals surface area contributed by atoms with Crippen molar-refractivity contribution in [1.82, 2.24) is 4.90 Å². The number of imide groups is 1. The van der Waals surface area contributed by atoms with Gasteiger partial charge in [-0.05, 0) is 36.0 Å². The zero-order valence-corrected chi connectivity index (χ0v) is 11.3. The van der Waals surface area contributed by atoms with Gasteiger partial charge in [0, 0.05) is 23.4 Å². The van der Waals surface area contributed by atoms with Crippen LogP contribution in [0.4, 0.5) is 5.69 Å². The van der Waals surface area contributed by atoms with Crippen LogP contribution in [-0.4, -0.2) is 29.2 Å². The van der Waals surface area contributed by atoms with Crippen LogP contribution in [0.2, 0.25) is 0 Å². The number of likely N-dealkylation sites (tertiary alicyclic amines) is 1. The molecule has 1 fully saturated rings. The largest absolute Gasteiger partial charge is 0.325 e. The van der Waals surface area contributed by atoms with Crippen molar-refractivity contribution >= 4 is 35.2 Å². The minimum absolute atomic E-state index is 0.173. The summed E-state index contributed by atoms with van der Waals surface area (Å²) in [6.07, 6.45) is 0.346. The topological polar surface area (TPSA) is 90.3 Å². The lowest BCUT2D eigenvalue weighted by atomic mass is 10.3. The molecule has 0 radical (unpaired) electrons. The van der Waals surface area contributed by atoms with Gasteiger partial charge in [-0.15, -0.1) is 0 Å². The lowest BCUT2D eigenvalue weighted by Gasteiger charge is -2.13. The lowest BCUT2D eigenvalue weighted by molar-refractivity contribution is -0.141. The first-order valence-corrected chi connectivity index (χ1v) is 6.71. The number of hydrogen-bond donors (Lipinski definition) is 1.